The first-order valence-corrected chi connectivity index (χ1v) is 6.01. The number of hydrogen-bond acceptors (Lipinski definition) is 3. The van der Waals surface area contributed by atoms with Crippen LogP contribution in [0.1, 0.15) is 17.3 Å². The number of aliphatic carboxylic acids is 1. The van der Waals surface area contributed by atoms with E-state index in [4.69, 9.17) is 10.2 Å². The molecule has 0 saturated carbocycles. The molecule has 1 amide bonds. The molecule has 1 aromatic carbocycles. The Hall–Kier alpha value is -2.18. The summed E-state index contributed by atoms with van der Waals surface area (Å²) in [6.07, 6.45) is 0. The van der Waals surface area contributed by atoms with Gasteiger partial charge in [-0.15, -0.1) is 0 Å². The molecule has 1 aliphatic rings. The summed E-state index contributed by atoms with van der Waals surface area (Å²) in [6.45, 7) is 1.91. The summed E-state index contributed by atoms with van der Waals surface area (Å²) in [6, 6.07) is 1.47. The maximum atomic E-state index is 13.2. The molecule has 1 aromatic rings. The number of phenolic OH excluding ortho intramolecular Hbond substituents is 1. The number of benzene rings is 1. The Bertz CT molecular complexity index is 552. The largest absolute Gasteiger partial charge is 0.503 e. The first-order chi connectivity index (χ1) is 9.31. The Morgan fingerprint density at radius 3 is 2.25 bits per heavy atom. The zero-order valence-corrected chi connectivity index (χ0v) is 10.6. The molecule has 0 unspecified atom stereocenters. The van der Waals surface area contributed by atoms with Gasteiger partial charge in [0, 0.05) is 18.7 Å². The molecule has 108 valence electrons. The van der Waals surface area contributed by atoms with Gasteiger partial charge in [0.05, 0.1) is 5.92 Å². The highest BCUT2D eigenvalue weighted by Gasteiger charge is 2.37. The lowest BCUT2D eigenvalue weighted by molar-refractivity contribution is -0.142. The molecule has 0 radical (unpaired) electrons. The van der Waals surface area contributed by atoms with Crippen LogP contribution in [0.2, 0.25) is 0 Å². The zero-order chi connectivity index (χ0) is 15.0. The minimum absolute atomic E-state index is 0.000548. The fraction of sp³-hybridized carbons (Fsp3) is 0.385. The zero-order valence-electron chi connectivity index (χ0n) is 10.6. The van der Waals surface area contributed by atoms with Crippen LogP contribution in [0, 0.1) is 23.5 Å². The Morgan fingerprint density at radius 2 is 1.80 bits per heavy atom. The molecule has 0 spiro atoms. The van der Waals surface area contributed by atoms with Crippen LogP contribution >= 0.6 is 0 Å². The number of rotatable bonds is 2. The van der Waals surface area contributed by atoms with E-state index in [1.807, 2.05) is 0 Å². The van der Waals surface area contributed by atoms with Gasteiger partial charge in [0.25, 0.3) is 5.91 Å². The van der Waals surface area contributed by atoms with E-state index in [1.54, 1.807) is 6.92 Å². The van der Waals surface area contributed by atoms with Gasteiger partial charge in [-0.25, -0.2) is 8.78 Å². The van der Waals surface area contributed by atoms with E-state index in [1.165, 1.54) is 4.90 Å². The molecule has 2 atom stereocenters. The Balaban J connectivity index is 2.23. The molecule has 2 N–H and O–H groups in total. The van der Waals surface area contributed by atoms with Gasteiger partial charge in [0.2, 0.25) is 0 Å². The molecular formula is C13H13F2NO4. The Morgan fingerprint density at radius 1 is 1.25 bits per heavy atom. The number of carbonyl (C=O) groups is 2. The quantitative estimate of drug-likeness (QED) is 0.862. The molecular weight excluding hydrogens is 272 g/mol. The van der Waals surface area contributed by atoms with Gasteiger partial charge < -0.3 is 15.1 Å². The monoisotopic (exact) mass is 285 g/mol. The third kappa shape index (κ3) is 2.43. The SMILES string of the molecule is C[C@@H]1CN(C(=O)c2cc(F)c(O)c(F)c2)C[C@H]1C(=O)O. The predicted octanol–water partition coefficient (Wildman–Crippen LogP) is 1.46. The summed E-state index contributed by atoms with van der Waals surface area (Å²) in [5, 5.41) is 18.0. The lowest BCUT2D eigenvalue weighted by Gasteiger charge is -2.16. The van der Waals surface area contributed by atoms with Crippen molar-refractivity contribution in [1.29, 1.82) is 0 Å². The second-order valence-electron chi connectivity index (χ2n) is 4.92. The van der Waals surface area contributed by atoms with Gasteiger partial charge >= 0.3 is 5.97 Å². The van der Waals surface area contributed by atoms with Crippen molar-refractivity contribution in [2.75, 3.05) is 13.1 Å². The standard InChI is InChI=1S/C13H13F2NO4/c1-6-4-16(5-8(6)13(19)20)12(18)7-2-9(14)11(17)10(15)3-7/h2-3,6,8,17H,4-5H2,1H3,(H,19,20)/t6-,8-/m1/s1. The van der Waals surface area contributed by atoms with Crippen molar-refractivity contribution >= 4 is 11.9 Å². The van der Waals surface area contributed by atoms with Crippen LogP contribution in [0.5, 0.6) is 5.75 Å². The van der Waals surface area contributed by atoms with Gasteiger partial charge in [0.1, 0.15) is 0 Å². The molecule has 0 aromatic heterocycles. The van der Waals surface area contributed by atoms with Crippen LogP contribution in [0.25, 0.3) is 0 Å². The molecule has 7 heteroatoms. The van der Waals surface area contributed by atoms with E-state index < -0.39 is 35.2 Å². The summed E-state index contributed by atoms with van der Waals surface area (Å²) in [5.41, 5.74) is -0.254. The van der Waals surface area contributed by atoms with Crippen molar-refractivity contribution < 1.29 is 28.6 Å². The minimum Gasteiger partial charge on any atom is -0.503 e. The molecule has 0 bridgehead atoms. The van der Waals surface area contributed by atoms with Gasteiger partial charge in [-0.2, -0.15) is 0 Å². The van der Waals surface area contributed by atoms with Crippen LogP contribution in [-0.2, 0) is 4.79 Å². The number of halogens is 2. The topological polar surface area (TPSA) is 77.8 Å². The van der Waals surface area contributed by atoms with E-state index in [0.29, 0.717) is 0 Å². The number of carbonyl (C=O) groups excluding carboxylic acids is 1. The van der Waals surface area contributed by atoms with Crippen LogP contribution < -0.4 is 0 Å². The number of phenols is 1. The van der Waals surface area contributed by atoms with Crippen molar-refractivity contribution in [1.82, 2.24) is 4.90 Å². The number of hydrogen-bond donors (Lipinski definition) is 2. The molecule has 1 saturated heterocycles. The average molecular weight is 285 g/mol. The number of likely N-dealkylation sites (tertiary alicyclic amines) is 1. The Labute approximate surface area is 113 Å². The summed E-state index contributed by atoms with van der Waals surface area (Å²) in [7, 11) is 0. The number of carboxylic acids is 1. The van der Waals surface area contributed by atoms with Gasteiger partial charge in [0.15, 0.2) is 17.4 Å². The molecule has 1 heterocycles. The van der Waals surface area contributed by atoms with Gasteiger partial charge in [-0.1, -0.05) is 6.92 Å². The first kappa shape index (κ1) is 14.2. The van der Waals surface area contributed by atoms with Crippen molar-refractivity contribution in [3.05, 3.63) is 29.3 Å². The van der Waals surface area contributed by atoms with Gasteiger partial charge in [-0.3, -0.25) is 9.59 Å². The molecule has 20 heavy (non-hydrogen) atoms. The second kappa shape index (κ2) is 5.07. The normalized spacial score (nSPS) is 22.1. The van der Waals surface area contributed by atoms with Crippen molar-refractivity contribution in [2.24, 2.45) is 11.8 Å². The maximum absolute atomic E-state index is 13.2. The number of amides is 1. The van der Waals surface area contributed by atoms with Crippen LogP contribution in [0.15, 0.2) is 12.1 Å². The fourth-order valence-corrected chi connectivity index (χ4v) is 2.33. The summed E-state index contributed by atoms with van der Waals surface area (Å²) in [5.74, 6) is -6.17. The maximum Gasteiger partial charge on any atom is 0.308 e. The fourth-order valence-electron chi connectivity index (χ4n) is 2.33. The number of aromatic hydroxyl groups is 1. The highest BCUT2D eigenvalue weighted by atomic mass is 19.1. The summed E-state index contributed by atoms with van der Waals surface area (Å²) < 4.78 is 26.4. The summed E-state index contributed by atoms with van der Waals surface area (Å²) >= 11 is 0. The van der Waals surface area contributed by atoms with E-state index in [2.05, 4.69) is 0 Å². The van der Waals surface area contributed by atoms with E-state index in [-0.39, 0.29) is 24.6 Å². The van der Waals surface area contributed by atoms with Crippen molar-refractivity contribution in [3.63, 3.8) is 0 Å². The first-order valence-electron chi connectivity index (χ1n) is 6.01. The van der Waals surface area contributed by atoms with E-state index >= 15 is 0 Å². The predicted molar refractivity (Wildman–Crippen MR) is 64.2 cm³/mol. The third-order valence-corrected chi connectivity index (χ3v) is 3.48. The second-order valence-corrected chi connectivity index (χ2v) is 4.92. The van der Waals surface area contributed by atoms with Crippen molar-refractivity contribution in [2.45, 2.75) is 6.92 Å². The lowest BCUT2D eigenvalue weighted by atomic mass is 9.99. The minimum atomic E-state index is -1.23. The van der Waals surface area contributed by atoms with E-state index in [0.717, 1.165) is 12.1 Å². The molecule has 0 aliphatic carbocycles. The summed E-state index contributed by atoms with van der Waals surface area (Å²) in [4.78, 5) is 24.3. The molecule has 5 nitrogen and oxygen atoms in total. The lowest BCUT2D eigenvalue weighted by Crippen LogP contribution is -2.30. The average Bonchev–Trinajstić information content (AvgIpc) is 2.76. The van der Waals surface area contributed by atoms with Crippen LogP contribution in [-0.4, -0.2) is 40.1 Å². The molecule has 1 fully saturated rings. The highest BCUT2D eigenvalue weighted by molar-refractivity contribution is 5.95. The van der Waals surface area contributed by atoms with E-state index in [9.17, 15) is 18.4 Å². The number of nitrogens with zero attached hydrogens (tertiary/aromatic N) is 1. The van der Waals surface area contributed by atoms with Gasteiger partial charge in [-0.05, 0) is 18.1 Å². The van der Waals surface area contributed by atoms with Crippen LogP contribution in [0.4, 0.5) is 8.78 Å². The third-order valence-electron chi connectivity index (χ3n) is 3.48. The highest BCUT2D eigenvalue weighted by Crippen LogP contribution is 2.27. The molecule has 1 aliphatic heterocycles. The smallest absolute Gasteiger partial charge is 0.308 e. The van der Waals surface area contributed by atoms with Crippen molar-refractivity contribution in [3.8, 4) is 5.75 Å². The molecule has 2 rings (SSSR count). The number of carboxylic acid groups (broad SMARTS) is 1. The van der Waals surface area contributed by atoms with Crippen LogP contribution in [0.3, 0.4) is 0 Å². The Kier molecular flexibility index (Phi) is 3.61.